The van der Waals surface area contributed by atoms with Gasteiger partial charge in [0.2, 0.25) is 0 Å². The van der Waals surface area contributed by atoms with E-state index in [0.29, 0.717) is 18.7 Å². The summed E-state index contributed by atoms with van der Waals surface area (Å²) in [4.78, 5) is 17.2. The molecule has 0 unspecified atom stereocenters. The molecular formula is C11H15BN2O4. The van der Waals surface area contributed by atoms with Crippen LogP contribution in [0, 0.1) is 0 Å². The van der Waals surface area contributed by atoms with Gasteiger partial charge in [-0.1, -0.05) is 0 Å². The number of aromatic carboxylic acids is 1. The van der Waals surface area contributed by atoms with Crippen molar-refractivity contribution in [2.75, 3.05) is 33.4 Å². The van der Waals surface area contributed by atoms with Crippen LogP contribution in [0.2, 0.25) is 0 Å². The molecule has 96 valence electrons. The second kappa shape index (κ2) is 5.95. The Morgan fingerprint density at radius 2 is 2.11 bits per heavy atom. The zero-order valence-corrected chi connectivity index (χ0v) is 10.2. The molecule has 1 aliphatic rings. The maximum atomic E-state index is 11.1. The second-order valence-electron chi connectivity index (χ2n) is 4.14. The number of hydrogen-bond acceptors (Lipinski definition) is 5. The smallest absolute Gasteiger partial charge is 0.478 e. The molecule has 2 rings (SSSR count). The molecule has 0 spiro atoms. The fourth-order valence-corrected chi connectivity index (χ4v) is 1.76. The normalized spacial score (nSPS) is 18.2. The van der Waals surface area contributed by atoms with Gasteiger partial charge < -0.3 is 19.3 Å². The molecule has 0 aromatic carbocycles. The van der Waals surface area contributed by atoms with Crippen LogP contribution in [0.4, 0.5) is 0 Å². The Bertz CT molecular complexity index is 419. The molecule has 1 aromatic rings. The van der Waals surface area contributed by atoms with Crippen LogP contribution in [-0.2, 0) is 9.31 Å². The summed E-state index contributed by atoms with van der Waals surface area (Å²) in [5.41, 5.74) is 0.637. The number of likely N-dealkylation sites (N-methyl/N-ethyl adjacent to an activating group) is 1. The molecule has 1 fully saturated rings. The molecule has 1 aromatic heterocycles. The fourth-order valence-electron chi connectivity index (χ4n) is 1.76. The Hall–Kier alpha value is -1.44. The van der Waals surface area contributed by atoms with Crippen LogP contribution in [0.15, 0.2) is 18.5 Å². The first-order valence-corrected chi connectivity index (χ1v) is 5.77. The van der Waals surface area contributed by atoms with Crippen LogP contribution in [-0.4, -0.2) is 61.4 Å². The lowest BCUT2D eigenvalue weighted by molar-refractivity contribution is 0.0696. The van der Waals surface area contributed by atoms with Gasteiger partial charge in [-0.05, 0) is 13.1 Å². The Morgan fingerprint density at radius 3 is 2.72 bits per heavy atom. The molecule has 2 heterocycles. The number of aromatic nitrogens is 1. The van der Waals surface area contributed by atoms with Crippen molar-refractivity contribution in [1.29, 1.82) is 0 Å². The van der Waals surface area contributed by atoms with Crippen molar-refractivity contribution in [3.8, 4) is 0 Å². The fraction of sp³-hybridized carbons (Fsp3) is 0.455. The lowest BCUT2D eigenvalue weighted by Crippen LogP contribution is -2.45. The summed E-state index contributed by atoms with van der Waals surface area (Å²) in [5, 5.41) is 9.12. The molecule has 1 saturated heterocycles. The largest absolute Gasteiger partial charge is 0.496 e. The van der Waals surface area contributed by atoms with E-state index in [-0.39, 0.29) is 5.56 Å². The number of hydrogen-bond donors (Lipinski definition) is 1. The predicted molar refractivity (Wildman–Crippen MR) is 66.0 cm³/mol. The molecule has 1 N–H and O–H groups in total. The molecular weight excluding hydrogens is 235 g/mol. The average Bonchev–Trinajstić information content (AvgIpc) is 2.33. The zero-order valence-electron chi connectivity index (χ0n) is 10.2. The van der Waals surface area contributed by atoms with Gasteiger partial charge in [0.25, 0.3) is 0 Å². The van der Waals surface area contributed by atoms with Crippen molar-refractivity contribution < 1.29 is 19.2 Å². The first-order valence-electron chi connectivity index (χ1n) is 5.77. The van der Waals surface area contributed by atoms with Crippen LogP contribution >= 0.6 is 0 Å². The molecule has 0 atom stereocenters. The number of pyridine rings is 1. The molecule has 0 radical (unpaired) electrons. The van der Waals surface area contributed by atoms with Crippen molar-refractivity contribution in [2.24, 2.45) is 0 Å². The van der Waals surface area contributed by atoms with E-state index < -0.39 is 13.1 Å². The molecule has 6 nitrogen and oxygen atoms in total. The molecule has 1 aliphatic heterocycles. The third-order valence-electron chi connectivity index (χ3n) is 2.82. The summed E-state index contributed by atoms with van der Waals surface area (Å²) in [6, 6.07) is 1.45. The summed E-state index contributed by atoms with van der Waals surface area (Å²) in [5.74, 6) is -1.00. The van der Waals surface area contributed by atoms with E-state index in [1.165, 1.54) is 18.5 Å². The van der Waals surface area contributed by atoms with E-state index in [1.807, 2.05) is 7.05 Å². The molecule has 7 heteroatoms. The van der Waals surface area contributed by atoms with Gasteiger partial charge in [-0.15, -0.1) is 0 Å². The third-order valence-corrected chi connectivity index (χ3v) is 2.82. The number of carboxylic acid groups (broad SMARTS) is 1. The topological polar surface area (TPSA) is 71.9 Å². The van der Waals surface area contributed by atoms with E-state index in [0.717, 1.165) is 13.1 Å². The first-order chi connectivity index (χ1) is 8.68. The van der Waals surface area contributed by atoms with E-state index in [9.17, 15) is 4.79 Å². The number of rotatable bonds is 2. The van der Waals surface area contributed by atoms with Crippen molar-refractivity contribution in [3.05, 3.63) is 24.0 Å². The van der Waals surface area contributed by atoms with Crippen molar-refractivity contribution in [2.45, 2.75) is 0 Å². The van der Waals surface area contributed by atoms with E-state index in [4.69, 9.17) is 14.4 Å². The molecule has 18 heavy (non-hydrogen) atoms. The van der Waals surface area contributed by atoms with Gasteiger partial charge in [0.05, 0.1) is 5.56 Å². The minimum Gasteiger partial charge on any atom is -0.478 e. The van der Waals surface area contributed by atoms with Crippen molar-refractivity contribution in [1.82, 2.24) is 9.88 Å². The van der Waals surface area contributed by atoms with Gasteiger partial charge in [0, 0.05) is 44.2 Å². The summed E-state index contributed by atoms with van der Waals surface area (Å²) >= 11 is 0. The third kappa shape index (κ3) is 3.07. The Balaban J connectivity index is 2.17. The Morgan fingerprint density at radius 1 is 1.44 bits per heavy atom. The van der Waals surface area contributed by atoms with Crippen LogP contribution in [0.25, 0.3) is 0 Å². The number of nitrogens with zero attached hydrogens (tertiary/aromatic N) is 2. The maximum Gasteiger partial charge on any atom is 0.496 e. The van der Waals surface area contributed by atoms with Crippen LogP contribution < -0.4 is 5.46 Å². The zero-order chi connectivity index (χ0) is 13.0. The summed E-state index contributed by atoms with van der Waals surface area (Å²) in [6.45, 7) is 2.58. The summed E-state index contributed by atoms with van der Waals surface area (Å²) in [7, 11) is 1.33. The standard InChI is InChI=1S/C11H15BN2O4/c1-14-4-6-17-12(18-7-5-14)10-8-13-3-2-9(10)11(15)16/h2-3,8H,4-7H2,1H3,(H,15,16). The summed E-state index contributed by atoms with van der Waals surface area (Å²) < 4.78 is 11.1. The van der Waals surface area contributed by atoms with Gasteiger partial charge in [-0.3, -0.25) is 4.98 Å². The highest BCUT2D eigenvalue weighted by Crippen LogP contribution is 2.02. The monoisotopic (exact) mass is 250 g/mol. The van der Waals surface area contributed by atoms with Gasteiger partial charge in [-0.25, -0.2) is 4.79 Å². The molecule has 0 aliphatic carbocycles. The summed E-state index contributed by atoms with van der Waals surface area (Å²) in [6.07, 6.45) is 2.93. The number of carbonyl (C=O) groups is 1. The van der Waals surface area contributed by atoms with Gasteiger partial charge in [0.15, 0.2) is 0 Å². The SMILES string of the molecule is CN1CCOB(c2cnccc2C(=O)O)OCC1. The maximum absolute atomic E-state index is 11.1. The minimum atomic E-state index is -1.00. The Labute approximate surface area is 106 Å². The average molecular weight is 250 g/mol. The lowest BCUT2D eigenvalue weighted by atomic mass is 9.76. The van der Waals surface area contributed by atoms with E-state index in [2.05, 4.69) is 9.88 Å². The predicted octanol–water partition coefficient (Wildman–Crippen LogP) is -0.546. The Kier molecular flexibility index (Phi) is 4.30. The lowest BCUT2D eigenvalue weighted by Gasteiger charge is -2.24. The van der Waals surface area contributed by atoms with Gasteiger partial charge >= 0.3 is 13.1 Å². The number of carboxylic acids is 1. The minimum absolute atomic E-state index is 0.170. The molecule has 0 saturated carbocycles. The highest BCUT2D eigenvalue weighted by atomic mass is 16.6. The molecule has 0 amide bonds. The second-order valence-corrected chi connectivity index (χ2v) is 4.14. The van der Waals surface area contributed by atoms with Crippen LogP contribution in [0.1, 0.15) is 10.4 Å². The quantitative estimate of drug-likeness (QED) is 0.710. The van der Waals surface area contributed by atoms with Gasteiger partial charge in [0.1, 0.15) is 0 Å². The van der Waals surface area contributed by atoms with Gasteiger partial charge in [-0.2, -0.15) is 0 Å². The highest BCUT2D eigenvalue weighted by Gasteiger charge is 2.28. The van der Waals surface area contributed by atoms with Crippen molar-refractivity contribution in [3.63, 3.8) is 0 Å². The van der Waals surface area contributed by atoms with Crippen molar-refractivity contribution >= 4 is 18.6 Å². The van der Waals surface area contributed by atoms with Crippen LogP contribution in [0.3, 0.4) is 0 Å². The van der Waals surface area contributed by atoms with E-state index >= 15 is 0 Å². The van der Waals surface area contributed by atoms with E-state index in [1.54, 1.807) is 0 Å². The highest BCUT2D eigenvalue weighted by molar-refractivity contribution is 6.62. The molecule has 0 bridgehead atoms. The van der Waals surface area contributed by atoms with Crippen LogP contribution in [0.5, 0.6) is 0 Å². The first kappa shape index (κ1) is 13.0.